The Balaban J connectivity index is 1.53. The highest BCUT2D eigenvalue weighted by molar-refractivity contribution is 8.26. The number of aromatic nitrogens is 1. The van der Waals surface area contributed by atoms with Gasteiger partial charge in [-0.25, -0.2) is 0 Å². The van der Waals surface area contributed by atoms with E-state index in [0.717, 1.165) is 49.5 Å². The first-order valence-corrected chi connectivity index (χ1v) is 10.5. The van der Waals surface area contributed by atoms with Crippen LogP contribution in [0.2, 0.25) is 0 Å². The minimum atomic E-state index is 0.0424. The number of carbonyl (C=O) groups is 1. The number of fused-ring (bicyclic) bond motifs is 4. The van der Waals surface area contributed by atoms with Gasteiger partial charge in [0, 0.05) is 50.1 Å². The number of carbonyl (C=O) groups excluding carboxylic acids is 1. The van der Waals surface area contributed by atoms with Gasteiger partial charge in [-0.05, 0) is 24.8 Å². The van der Waals surface area contributed by atoms with Crippen molar-refractivity contribution in [1.29, 1.82) is 0 Å². The van der Waals surface area contributed by atoms with E-state index in [1.54, 1.807) is 11.0 Å². The van der Waals surface area contributed by atoms with Crippen molar-refractivity contribution in [3.8, 4) is 0 Å². The van der Waals surface area contributed by atoms with Gasteiger partial charge < -0.3 is 9.47 Å². The molecule has 2 fully saturated rings. The second-order valence-electron chi connectivity index (χ2n) is 7.32. The lowest BCUT2D eigenvalue weighted by molar-refractivity contribution is -0.122. The Kier molecular flexibility index (Phi) is 4.92. The summed E-state index contributed by atoms with van der Waals surface area (Å²) in [5.74, 6) is 0.835. The monoisotopic (exact) mass is 389 g/mol. The fourth-order valence-corrected chi connectivity index (χ4v) is 5.52. The normalized spacial score (nSPS) is 26.6. The molecule has 0 spiro atoms. The first-order valence-electron chi connectivity index (χ1n) is 9.26. The number of hydrogen-bond acceptors (Lipinski definition) is 5. The van der Waals surface area contributed by atoms with Crippen LogP contribution in [0.1, 0.15) is 37.8 Å². The zero-order chi connectivity index (χ0) is 18.3. The van der Waals surface area contributed by atoms with Gasteiger partial charge in [0.05, 0.1) is 4.91 Å². The third kappa shape index (κ3) is 3.22. The number of nitrogens with zero attached hydrogens (tertiary/aromatic N) is 3. The summed E-state index contributed by atoms with van der Waals surface area (Å²) in [5.41, 5.74) is 1.23. The van der Waals surface area contributed by atoms with E-state index in [1.807, 2.05) is 16.8 Å². The Morgan fingerprint density at radius 2 is 2.12 bits per heavy atom. The molecule has 138 valence electrons. The van der Waals surface area contributed by atoms with Gasteiger partial charge in [0.2, 0.25) is 0 Å². The van der Waals surface area contributed by atoms with Gasteiger partial charge in [0.25, 0.3) is 11.5 Å². The van der Waals surface area contributed by atoms with E-state index < -0.39 is 0 Å². The molecule has 7 heteroatoms. The molecule has 4 heterocycles. The molecule has 0 N–H and O–H groups in total. The number of likely N-dealkylation sites (tertiary alicyclic amines) is 1. The van der Waals surface area contributed by atoms with Crippen molar-refractivity contribution in [3.63, 3.8) is 0 Å². The molecule has 2 saturated heterocycles. The Morgan fingerprint density at radius 3 is 2.92 bits per heavy atom. The van der Waals surface area contributed by atoms with Gasteiger partial charge >= 0.3 is 0 Å². The van der Waals surface area contributed by atoms with E-state index in [4.69, 9.17) is 12.2 Å². The van der Waals surface area contributed by atoms with Crippen molar-refractivity contribution in [2.24, 2.45) is 5.92 Å². The first-order chi connectivity index (χ1) is 12.6. The molecule has 2 atom stereocenters. The van der Waals surface area contributed by atoms with Crippen molar-refractivity contribution >= 4 is 34.2 Å². The van der Waals surface area contributed by atoms with Gasteiger partial charge in [-0.1, -0.05) is 43.4 Å². The van der Waals surface area contributed by atoms with Crippen LogP contribution in [-0.2, 0) is 11.3 Å². The molecular weight excluding hydrogens is 366 g/mol. The molecule has 1 aromatic heterocycles. The van der Waals surface area contributed by atoms with E-state index in [-0.39, 0.29) is 11.5 Å². The van der Waals surface area contributed by atoms with Gasteiger partial charge in [0.15, 0.2) is 0 Å². The standard InChI is InChI=1S/C19H23N3O2S2/c1-2-3-7-21-18(24)16(26-19(21)25)12-20-9-13-8-14(11-20)15-5-4-6-17(23)22(15)10-13/h4-6,12-14H,2-3,7-11H2,1H3/b16-12-/t13-,14+/m0/s1. The maximum absolute atomic E-state index is 12.7. The van der Waals surface area contributed by atoms with Crippen LogP contribution in [0.15, 0.2) is 34.1 Å². The number of thiocarbonyl (C=S) groups is 1. The van der Waals surface area contributed by atoms with E-state index >= 15 is 0 Å². The van der Waals surface area contributed by atoms with Crippen molar-refractivity contribution < 1.29 is 4.79 Å². The molecule has 1 amide bonds. The maximum Gasteiger partial charge on any atom is 0.267 e. The van der Waals surface area contributed by atoms with Crippen LogP contribution in [0, 0.1) is 5.92 Å². The quantitative estimate of drug-likeness (QED) is 0.585. The minimum absolute atomic E-state index is 0.0424. The van der Waals surface area contributed by atoms with Crippen LogP contribution in [0.3, 0.4) is 0 Å². The molecule has 0 unspecified atom stereocenters. The average Bonchev–Trinajstić information content (AvgIpc) is 2.87. The van der Waals surface area contributed by atoms with Crippen molar-refractivity contribution in [2.45, 2.75) is 38.6 Å². The van der Waals surface area contributed by atoms with Crippen molar-refractivity contribution in [2.75, 3.05) is 19.6 Å². The summed E-state index contributed by atoms with van der Waals surface area (Å²) in [6.07, 6.45) is 5.13. The number of rotatable bonds is 4. The highest BCUT2D eigenvalue weighted by Crippen LogP contribution is 2.37. The second kappa shape index (κ2) is 7.19. The van der Waals surface area contributed by atoms with Crippen LogP contribution in [-0.4, -0.2) is 44.2 Å². The van der Waals surface area contributed by atoms with Gasteiger partial charge in [0.1, 0.15) is 4.32 Å². The molecule has 0 radical (unpaired) electrons. The SMILES string of the molecule is CCCCN1C(=O)/C(=C/N2C[C@@H]3C[C@H](C2)c2cccc(=O)n2C3)SC1=S. The lowest BCUT2D eigenvalue weighted by Crippen LogP contribution is -2.45. The summed E-state index contributed by atoms with van der Waals surface area (Å²) >= 11 is 6.81. The molecule has 0 aromatic carbocycles. The molecule has 3 aliphatic rings. The van der Waals surface area contributed by atoms with Crippen molar-refractivity contribution in [1.82, 2.24) is 14.4 Å². The molecule has 2 bridgehead atoms. The van der Waals surface area contributed by atoms with Crippen LogP contribution in [0.25, 0.3) is 0 Å². The number of pyridine rings is 1. The van der Waals surface area contributed by atoms with Crippen LogP contribution >= 0.6 is 24.0 Å². The van der Waals surface area contributed by atoms with E-state index in [0.29, 0.717) is 22.7 Å². The third-order valence-corrected chi connectivity index (χ3v) is 6.78. The molecule has 26 heavy (non-hydrogen) atoms. The van der Waals surface area contributed by atoms with Crippen molar-refractivity contribution in [3.05, 3.63) is 45.4 Å². The highest BCUT2D eigenvalue weighted by atomic mass is 32.2. The van der Waals surface area contributed by atoms with Gasteiger partial charge in [-0.15, -0.1) is 0 Å². The number of unbranched alkanes of at least 4 members (excludes halogenated alkanes) is 1. The van der Waals surface area contributed by atoms with Crippen LogP contribution < -0.4 is 5.56 Å². The smallest absolute Gasteiger partial charge is 0.267 e. The summed E-state index contributed by atoms with van der Waals surface area (Å²) in [5, 5.41) is 0. The zero-order valence-corrected chi connectivity index (χ0v) is 16.5. The molecular formula is C19H23N3O2S2. The molecule has 1 aromatic rings. The number of hydrogen-bond donors (Lipinski definition) is 0. The van der Waals surface area contributed by atoms with E-state index in [2.05, 4.69) is 17.9 Å². The zero-order valence-electron chi connectivity index (χ0n) is 14.9. The Morgan fingerprint density at radius 1 is 1.27 bits per heavy atom. The predicted octanol–water partition coefficient (Wildman–Crippen LogP) is 2.77. The molecule has 3 aliphatic heterocycles. The van der Waals surface area contributed by atoms with Gasteiger partial charge in [-0.3, -0.25) is 14.5 Å². The minimum Gasteiger partial charge on any atom is -0.375 e. The topological polar surface area (TPSA) is 45.6 Å². The Hall–Kier alpha value is -1.60. The predicted molar refractivity (Wildman–Crippen MR) is 108 cm³/mol. The summed E-state index contributed by atoms with van der Waals surface area (Å²) in [4.78, 5) is 29.5. The summed E-state index contributed by atoms with van der Waals surface area (Å²) in [7, 11) is 0. The fourth-order valence-electron chi connectivity index (χ4n) is 4.20. The average molecular weight is 390 g/mol. The molecule has 0 aliphatic carbocycles. The van der Waals surface area contributed by atoms with Crippen LogP contribution in [0.4, 0.5) is 0 Å². The molecule has 4 rings (SSSR count). The largest absolute Gasteiger partial charge is 0.375 e. The van der Waals surface area contributed by atoms with E-state index in [1.165, 1.54) is 11.8 Å². The van der Waals surface area contributed by atoms with E-state index in [9.17, 15) is 9.59 Å². The molecule has 5 nitrogen and oxygen atoms in total. The third-order valence-electron chi connectivity index (χ3n) is 5.42. The van der Waals surface area contributed by atoms with Crippen LogP contribution in [0.5, 0.6) is 0 Å². The first kappa shape index (κ1) is 17.8. The summed E-state index contributed by atoms with van der Waals surface area (Å²) in [6, 6.07) is 5.56. The Labute approximate surface area is 163 Å². The molecule has 0 saturated carbocycles. The highest BCUT2D eigenvalue weighted by Gasteiger charge is 2.36. The lowest BCUT2D eigenvalue weighted by atomic mass is 9.83. The Bertz CT molecular complexity index is 832. The fraction of sp³-hybridized carbons (Fsp3) is 0.526. The lowest BCUT2D eigenvalue weighted by Gasteiger charge is -2.42. The number of piperidine rings is 1. The summed E-state index contributed by atoms with van der Waals surface area (Å²) < 4.78 is 2.60. The second-order valence-corrected chi connectivity index (χ2v) is 9.00. The summed E-state index contributed by atoms with van der Waals surface area (Å²) in [6.45, 7) is 5.33. The van der Waals surface area contributed by atoms with Gasteiger partial charge in [-0.2, -0.15) is 0 Å². The maximum atomic E-state index is 12.7. The number of amides is 1. The number of thioether (sulfide) groups is 1.